The lowest BCUT2D eigenvalue weighted by Gasteiger charge is -2.07. The molecule has 0 atom stereocenters. The van der Waals surface area contributed by atoms with Crippen molar-refractivity contribution in [1.82, 2.24) is 10.2 Å². The molecule has 0 aliphatic carbocycles. The minimum Gasteiger partial charge on any atom is -0.326 e. The van der Waals surface area contributed by atoms with Crippen molar-refractivity contribution in [3.8, 4) is 0 Å². The SMILES string of the molecule is CC(=O)Nc1ccc(NC(=O)CSc2ccc(NC(=O)c3cccs3)nn2)cc1. The normalized spacial score (nSPS) is 10.2. The van der Waals surface area contributed by atoms with Gasteiger partial charge in [-0.05, 0) is 47.8 Å². The molecule has 3 amide bonds. The van der Waals surface area contributed by atoms with Crippen LogP contribution in [0.1, 0.15) is 16.6 Å². The van der Waals surface area contributed by atoms with Crippen LogP contribution in [0.4, 0.5) is 17.2 Å². The van der Waals surface area contributed by atoms with Gasteiger partial charge in [0.05, 0.1) is 10.6 Å². The minimum absolute atomic E-state index is 0.156. The summed E-state index contributed by atoms with van der Waals surface area (Å²) in [6, 6.07) is 13.7. The van der Waals surface area contributed by atoms with Crippen molar-refractivity contribution < 1.29 is 14.4 Å². The highest BCUT2D eigenvalue weighted by Gasteiger charge is 2.09. The van der Waals surface area contributed by atoms with Gasteiger partial charge in [0.2, 0.25) is 11.8 Å². The van der Waals surface area contributed by atoms with Crippen LogP contribution in [0.2, 0.25) is 0 Å². The Balaban J connectivity index is 1.46. The molecular formula is C19H17N5O3S2. The Morgan fingerprint density at radius 1 is 0.931 bits per heavy atom. The number of hydrogen-bond donors (Lipinski definition) is 3. The first kappa shape index (κ1) is 20.5. The molecule has 1 aromatic carbocycles. The summed E-state index contributed by atoms with van der Waals surface area (Å²) < 4.78 is 0. The molecule has 0 aliphatic rings. The molecule has 0 spiro atoms. The Kier molecular flexibility index (Phi) is 6.93. The Hall–Kier alpha value is -3.24. The van der Waals surface area contributed by atoms with Crippen molar-refractivity contribution in [1.29, 1.82) is 0 Å². The predicted molar refractivity (Wildman–Crippen MR) is 114 cm³/mol. The van der Waals surface area contributed by atoms with Crippen LogP contribution in [-0.4, -0.2) is 33.7 Å². The predicted octanol–water partition coefficient (Wildman–Crippen LogP) is 3.48. The van der Waals surface area contributed by atoms with Crippen molar-refractivity contribution in [2.75, 3.05) is 21.7 Å². The number of anilines is 3. The summed E-state index contributed by atoms with van der Waals surface area (Å²) in [5.74, 6) is -0.0890. The maximum absolute atomic E-state index is 12.1. The highest BCUT2D eigenvalue weighted by atomic mass is 32.2. The minimum atomic E-state index is -0.237. The van der Waals surface area contributed by atoms with Crippen molar-refractivity contribution in [3.63, 3.8) is 0 Å². The molecule has 0 fully saturated rings. The Morgan fingerprint density at radius 3 is 2.24 bits per heavy atom. The Morgan fingerprint density at radius 2 is 1.66 bits per heavy atom. The second kappa shape index (κ2) is 9.80. The highest BCUT2D eigenvalue weighted by molar-refractivity contribution is 7.99. The van der Waals surface area contributed by atoms with Gasteiger partial charge in [0.25, 0.3) is 5.91 Å². The third-order valence-corrected chi connectivity index (χ3v) is 5.26. The van der Waals surface area contributed by atoms with Gasteiger partial charge in [-0.2, -0.15) is 0 Å². The van der Waals surface area contributed by atoms with Crippen LogP contribution < -0.4 is 16.0 Å². The lowest BCUT2D eigenvalue weighted by atomic mass is 10.3. The largest absolute Gasteiger partial charge is 0.326 e. The Bertz CT molecular complexity index is 990. The number of carbonyl (C=O) groups excluding carboxylic acids is 3. The number of thiophene rings is 1. The molecule has 3 N–H and O–H groups in total. The van der Waals surface area contributed by atoms with Crippen molar-refractivity contribution in [2.24, 2.45) is 0 Å². The van der Waals surface area contributed by atoms with Gasteiger partial charge in [0.15, 0.2) is 5.82 Å². The third kappa shape index (κ3) is 6.40. The molecule has 0 unspecified atom stereocenters. The number of benzene rings is 1. The van der Waals surface area contributed by atoms with Crippen LogP contribution in [0, 0.1) is 0 Å². The molecule has 8 nitrogen and oxygen atoms in total. The first-order chi connectivity index (χ1) is 14.0. The third-order valence-electron chi connectivity index (χ3n) is 3.47. The van der Waals surface area contributed by atoms with E-state index in [1.807, 2.05) is 5.38 Å². The topological polar surface area (TPSA) is 113 Å². The second-order valence-corrected chi connectivity index (χ2v) is 7.73. The molecule has 2 heterocycles. The summed E-state index contributed by atoms with van der Waals surface area (Å²) in [6.07, 6.45) is 0. The van der Waals surface area contributed by atoms with E-state index in [2.05, 4.69) is 26.1 Å². The summed E-state index contributed by atoms with van der Waals surface area (Å²) in [5.41, 5.74) is 1.29. The highest BCUT2D eigenvalue weighted by Crippen LogP contribution is 2.18. The standard InChI is InChI=1S/C19H17N5O3S2/c1-12(25)20-13-4-6-14(7-5-13)21-17(26)11-29-18-9-8-16(23-24-18)22-19(27)15-3-2-10-28-15/h2-10H,11H2,1H3,(H,20,25)(H,21,26)(H,22,23,27). The molecule has 0 saturated heterocycles. The molecule has 0 saturated carbocycles. The van der Waals surface area contributed by atoms with Crippen LogP contribution >= 0.6 is 23.1 Å². The second-order valence-electron chi connectivity index (χ2n) is 5.78. The van der Waals surface area contributed by atoms with E-state index in [0.717, 1.165) is 0 Å². The Labute approximate surface area is 175 Å². The van der Waals surface area contributed by atoms with Gasteiger partial charge >= 0.3 is 0 Å². The fraction of sp³-hybridized carbons (Fsp3) is 0.105. The molecule has 10 heteroatoms. The van der Waals surface area contributed by atoms with E-state index in [1.165, 1.54) is 30.0 Å². The maximum atomic E-state index is 12.1. The quantitative estimate of drug-likeness (QED) is 0.498. The number of aromatic nitrogens is 2. The van der Waals surface area contributed by atoms with E-state index in [4.69, 9.17) is 0 Å². The zero-order chi connectivity index (χ0) is 20.6. The molecule has 0 radical (unpaired) electrons. The number of nitrogens with zero attached hydrogens (tertiary/aromatic N) is 2. The van der Waals surface area contributed by atoms with Gasteiger partial charge in [-0.25, -0.2) is 0 Å². The number of hydrogen-bond acceptors (Lipinski definition) is 7. The summed E-state index contributed by atoms with van der Waals surface area (Å²) in [5, 5.41) is 18.5. The molecule has 0 bridgehead atoms. The molecule has 148 valence electrons. The molecule has 29 heavy (non-hydrogen) atoms. The molecular weight excluding hydrogens is 410 g/mol. The number of rotatable bonds is 7. The van der Waals surface area contributed by atoms with E-state index in [1.54, 1.807) is 48.5 Å². The summed E-state index contributed by atoms with van der Waals surface area (Å²) >= 11 is 2.57. The zero-order valence-corrected chi connectivity index (χ0v) is 17.0. The van der Waals surface area contributed by atoms with Gasteiger partial charge < -0.3 is 16.0 Å². The van der Waals surface area contributed by atoms with Crippen LogP contribution in [0.3, 0.4) is 0 Å². The van der Waals surface area contributed by atoms with Gasteiger partial charge in [0, 0.05) is 18.3 Å². The monoisotopic (exact) mass is 427 g/mol. The zero-order valence-electron chi connectivity index (χ0n) is 15.3. The lowest BCUT2D eigenvalue weighted by molar-refractivity contribution is -0.114. The molecule has 3 rings (SSSR count). The molecule has 2 aromatic heterocycles. The van der Waals surface area contributed by atoms with E-state index >= 15 is 0 Å². The summed E-state index contributed by atoms with van der Waals surface area (Å²) in [6.45, 7) is 1.43. The lowest BCUT2D eigenvalue weighted by Crippen LogP contribution is -2.14. The van der Waals surface area contributed by atoms with Crippen molar-refractivity contribution >= 4 is 58.0 Å². The van der Waals surface area contributed by atoms with E-state index < -0.39 is 0 Å². The maximum Gasteiger partial charge on any atom is 0.266 e. The van der Waals surface area contributed by atoms with E-state index in [0.29, 0.717) is 27.1 Å². The smallest absolute Gasteiger partial charge is 0.266 e. The molecule has 3 aromatic rings. The average Bonchev–Trinajstić information content (AvgIpc) is 3.24. The van der Waals surface area contributed by atoms with Crippen LogP contribution in [0.15, 0.2) is 58.9 Å². The van der Waals surface area contributed by atoms with Gasteiger partial charge in [-0.1, -0.05) is 17.8 Å². The number of carbonyl (C=O) groups is 3. The van der Waals surface area contributed by atoms with Gasteiger partial charge in [0.1, 0.15) is 5.03 Å². The number of amides is 3. The molecule has 0 aliphatic heterocycles. The fourth-order valence-electron chi connectivity index (χ4n) is 2.23. The van der Waals surface area contributed by atoms with E-state index in [-0.39, 0.29) is 23.5 Å². The first-order valence-electron chi connectivity index (χ1n) is 8.48. The first-order valence-corrected chi connectivity index (χ1v) is 10.3. The van der Waals surface area contributed by atoms with Crippen molar-refractivity contribution in [3.05, 3.63) is 58.8 Å². The van der Waals surface area contributed by atoms with Crippen LogP contribution in [0.25, 0.3) is 0 Å². The van der Waals surface area contributed by atoms with E-state index in [9.17, 15) is 14.4 Å². The summed E-state index contributed by atoms with van der Waals surface area (Å²) in [7, 11) is 0. The van der Waals surface area contributed by atoms with Gasteiger partial charge in [-0.3, -0.25) is 14.4 Å². The summed E-state index contributed by atoms with van der Waals surface area (Å²) in [4.78, 5) is 35.7. The number of nitrogens with one attached hydrogen (secondary N) is 3. The van der Waals surface area contributed by atoms with Crippen LogP contribution in [0.5, 0.6) is 0 Å². The average molecular weight is 428 g/mol. The van der Waals surface area contributed by atoms with Crippen molar-refractivity contribution in [2.45, 2.75) is 11.9 Å². The van der Waals surface area contributed by atoms with Gasteiger partial charge in [-0.15, -0.1) is 21.5 Å². The number of thioether (sulfide) groups is 1. The van der Waals surface area contributed by atoms with Crippen LogP contribution in [-0.2, 0) is 9.59 Å². The fourth-order valence-corrected chi connectivity index (χ4v) is 3.46.